The lowest BCUT2D eigenvalue weighted by atomic mass is 10.1. The Morgan fingerprint density at radius 1 is 1.19 bits per heavy atom. The highest BCUT2D eigenvalue weighted by molar-refractivity contribution is 6.30. The average molecular weight is 365 g/mol. The number of nitrogens with zero attached hydrogens (tertiary/aromatic N) is 6. The predicted octanol–water partition coefficient (Wildman–Crippen LogP) is 3.44. The van der Waals surface area contributed by atoms with E-state index in [-0.39, 0.29) is 28.8 Å². The molecule has 4 rings (SSSR count). The van der Waals surface area contributed by atoms with Gasteiger partial charge in [0.2, 0.25) is 0 Å². The molecule has 3 heterocycles. The molecule has 1 aromatic carbocycles. The average Bonchev–Trinajstić information content (AvgIpc) is 3.12. The molecular weight excluding hydrogens is 355 g/mol. The first kappa shape index (κ1) is 16.1. The lowest BCUT2D eigenvalue weighted by Gasteiger charge is -2.08. The van der Waals surface area contributed by atoms with Crippen molar-refractivity contribution in [1.29, 1.82) is 5.26 Å². The lowest BCUT2D eigenvalue weighted by molar-refractivity contribution is 0.613. The summed E-state index contributed by atoms with van der Waals surface area (Å²) in [5.74, 6) is -0.0264. The smallest absolute Gasteiger partial charge is 0.181 e. The summed E-state index contributed by atoms with van der Waals surface area (Å²) in [4.78, 5) is 17.1. The van der Waals surface area contributed by atoms with E-state index >= 15 is 0 Å². The van der Waals surface area contributed by atoms with Gasteiger partial charge in [-0.25, -0.2) is 24.3 Å². The van der Waals surface area contributed by atoms with Crippen molar-refractivity contribution in [3.05, 3.63) is 76.8 Å². The monoisotopic (exact) mass is 364 g/mol. The zero-order valence-corrected chi connectivity index (χ0v) is 14.0. The summed E-state index contributed by atoms with van der Waals surface area (Å²) in [6.07, 6.45) is 6.73. The van der Waals surface area contributed by atoms with E-state index in [1.165, 1.54) is 12.3 Å². The molecule has 0 saturated carbocycles. The fourth-order valence-corrected chi connectivity index (χ4v) is 2.78. The van der Waals surface area contributed by atoms with Crippen LogP contribution in [0.25, 0.3) is 17.2 Å². The van der Waals surface area contributed by atoms with Gasteiger partial charge in [0.05, 0.1) is 11.9 Å². The molecule has 0 atom stereocenters. The first-order chi connectivity index (χ1) is 12.7. The highest BCUT2D eigenvalue weighted by atomic mass is 35.5. The number of aromatic nitrogens is 5. The van der Waals surface area contributed by atoms with Gasteiger partial charge in [0.25, 0.3) is 0 Å². The van der Waals surface area contributed by atoms with Gasteiger partial charge in [0, 0.05) is 25.0 Å². The minimum Gasteiger partial charge on any atom is -0.303 e. The number of hydrogen-bond acceptors (Lipinski definition) is 5. The molecule has 0 aliphatic heterocycles. The van der Waals surface area contributed by atoms with Crippen molar-refractivity contribution < 1.29 is 4.39 Å². The third kappa shape index (κ3) is 2.87. The van der Waals surface area contributed by atoms with E-state index in [0.29, 0.717) is 22.6 Å². The molecular formula is C18H10ClFN6. The molecule has 0 N–H and O–H groups in total. The highest BCUT2D eigenvalue weighted by Gasteiger charge is 2.14. The van der Waals surface area contributed by atoms with Gasteiger partial charge in [-0.3, -0.25) is 0 Å². The van der Waals surface area contributed by atoms with Gasteiger partial charge in [-0.05, 0) is 11.6 Å². The van der Waals surface area contributed by atoms with Crippen molar-refractivity contribution in [3.8, 4) is 17.6 Å². The van der Waals surface area contributed by atoms with E-state index in [4.69, 9.17) is 16.9 Å². The summed E-state index contributed by atoms with van der Waals surface area (Å²) < 4.78 is 15.8. The van der Waals surface area contributed by atoms with E-state index in [1.807, 2.05) is 6.07 Å². The van der Waals surface area contributed by atoms with Gasteiger partial charge in [-0.2, -0.15) is 5.26 Å². The van der Waals surface area contributed by atoms with Crippen LogP contribution in [-0.2, 0) is 6.42 Å². The van der Waals surface area contributed by atoms with Gasteiger partial charge in [-0.1, -0.05) is 29.8 Å². The maximum Gasteiger partial charge on any atom is 0.181 e. The number of hydrogen-bond donors (Lipinski definition) is 0. The summed E-state index contributed by atoms with van der Waals surface area (Å²) in [5, 5.41) is 9.01. The molecule has 126 valence electrons. The predicted molar refractivity (Wildman–Crippen MR) is 92.9 cm³/mol. The van der Waals surface area contributed by atoms with Crippen molar-refractivity contribution in [2.75, 3.05) is 0 Å². The Labute approximate surface area is 152 Å². The number of halogens is 2. The van der Waals surface area contributed by atoms with E-state index < -0.39 is 0 Å². The molecule has 0 unspecified atom stereocenters. The lowest BCUT2D eigenvalue weighted by Crippen LogP contribution is -2.03. The largest absolute Gasteiger partial charge is 0.303 e. The Balaban J connectivity index is 1.84. The van der Waals surface area contributed by atoms with Gasteiger partial charge in [0.15, 0.2) is 16.6 Å². The Morgan fingerprint density at radius 2 is 2.04 bits per heavy atom. The number of rotatable bonds is 3. The standard InChI is InChI=1S/C18H10ClFN6/c19-16-12(8-21)9-23-17(25-16)15-10-26-6-5-22-18(26)14(24-15)7-11-3-1-2-4-13(11)20/h1-6,9-10H,7H2. The second-order valence-electron chi connectivity index (χ2n) is 5.51. The highest BCUT2D eigenvalue weighted by Crippen LogP contribution is 2.21. The zero-order valence-electron chi connectivity index (χ0n) is 13.3. The third-order valence-electron chi connectivity index (χ3n) is 3.85. The quantitative estimate of drug-likeness (QED) is 0.520. The summed E-state index contributed by atoms with van der Waals surface area (Å²) >= 11 is 6.00. The molecule has 0 fully saturated rings. The third-order valence-corrected chi connectivity index (χ3v) is 4.14. The van der Waals surface area contributed by atoms with E-state index in [1.54, 1.807) is 41.2 Å². The fraction of sp³-hybridized carbons (Fsp3) is 0.0556. The first-order valence-corrected chi connectivity index (χ1v) is 8.02. The van der Waals surface area contributed by atoms with Crippen molar-refractivity contribution in [1.82, 2.24) is 24.3 Å². The second-order valence-corrected chi connectivity index (χ2v) is 5.87. The maximum atomic E-state index is 14.0. The van der Waals surface area contributed by atoms with E-state index in [0.717, 1.165) is 0 Å². The van der Waals surface area contributed by atoms with Gasteiger partial charge >= 0.3 is 0 Å². The van der Waals surface area contributed by atoms with Crippen molar-refractivity contribution in [2.45, 2.75) is 6.42 Å². The normalized spacial score (nSPS) is 10.8. The van der Waals surface area contributed by atoms with Crippen LogP contribution in [0.15, 0.2) is 49.1 Å². The van der Waals surface area contributed by atoms with Crippen molar-refractivity contribution >= 4 is 17.2 Å². The zero-order chi connectivity index (χ0) is 18.1. The van der Waals surface area contributed by atoms with Gasteiger partial charge < -0.3 is 4.40 Å². The molecule has 0 amide bonds. The minimum atomic E-state index is -0.304. The van der Waals surface area contributed by atoms with Crippen molar-refractivity contribution in [3.63, 3.8) is 0 Å². The molecule has 0 bridgehead atoms. The van der Waals surface area contributed by atoms with Crippen LogP contribution in [0.5, 0.6) is 0 Å². The summed E-state index contributed by atoms with van der Waals surface area (Å²) in [6, 6.07) is 8.44. The van der Waals surface area contributed by atoms with Crippen LogP contribution in [-0.4, -0.2) is 24.3 Å². The molecule has 0 aliphatic rings. The number of benzene rings is 1. The first-order valence-electron chi connectivity index (χ1n) is 7.64. The molecule has 26 heavy (non-hydrogen) atoms. The number of imidazole rings is 1. The molecule has 3 aromatic heterocycles. The molecule has 6 nitrogen and oxygen atoms in total. The molecule has 0 aliphatic carbocycles. The Morgan fingerprint density at radius 3 is 2.81 bits per heavy atom. The van der Waals surface area contributed by atoms with Gasteiger partial charge in [0.1, 0.15) is 23.1 Å². The Kier molecular flexibility index (Phi) is 4.03. The number of fused-ring (bicyclic) bond motifs is 1. The molecule has 0 radical (unpaired) electrons. The number of nitriles is 1. The Hall–Kier alpha value is -3.37. The van der Waals surface area contributed by atoms with Crippen LogP contribution in [0.4, 0.5) is 4.39 Å². The van der Waals surface area contributed by atoms with E-state index in [2.05, 4.69) is 19.9 Å². The van der Waals surface area contributed by atoms with Crippen LogP contribution in [0, 0.1) is 17.1 Å². The van der Waals surface area contributed by atoms with Crippen LogP contribution >= 0.6 is 11.6 Å². The summed E-state index contributed by atoms with van der Waals surface area (Å²) in [7, 11) is 0. The SMILES string of the molecule is N#Cc1cnc(-c2cn3ccnc3c(Cc3ccccc3F)n2)nc1Cl. The van der Waals surface area contributed by atoms with Crippen LogP contribution < -0.4 is 0 Å². The van der Waals surface area contributed by atoms with Crippen LogP contribution in [0.1, 0.15) is 16.8 Å². The molecule has 0 spiro atoms. The molecule has 0 saturated heterocycles. The molecule has 4 aromatic rings. The van der Waals surface area contributed by atoms with Crippen LogP contribution in [0.2, 0.25) is 5.15 Å². The fourth-order valence-electron chi connectivity index (χ4n) is 2.60. The Bertz CT molecular complexity index is 1160. The van der Waals surface area contributed by atoms with Gasteiger partial charge in [-0.15, -0.1) is 0 Å². The maximum absolute atomic E-state index is 14.0. The topological polar surface area (TPSA) is 79.8 Å². The summed E-state index contributed by atoms with van der Waals surface area (Å²) in [6.45, 7) is 0. The van der Waals surface area contributed by atoms with Crippen LogP contribution in [0.3, 0.4) is 0 Å². The van der Waals surface area contributed by atoms with Crippen molar-refractivity contribution in [2.24, 2.45) is 0 Å². The van der Waals surface area contributed by atoms with E-state index in [9.17, 15) is 4.39 Å². The summed E-state index contributed by atoms with van der Waals surface area (Å²) in [5.41, 5.74) is 2.36. The minimum absolute atomic E-state index is 0.0562. The second kappa shape index (κ2) is 6.50. The molecule has 8 heteroatoms.